The molecule has 3 aromatic rings. The van der Waals surface area contributed by atoms with Gasteiger partial charge in [0.15, 0.2) is 5.76 Å². The second-order valence-electron chi connectivity index (χ2n) is 7.28. The number of furan rings is 1. The first-order valence-electron chi connectivity index (χ1n) is 10.2. The Morgan fingerprint density at radius 3 is 2.80 bits per heavy atom. The maximum absolute atomic E-state index is 12.4. The molecule has 0 unspecified atom stereocenters. The molecule has 0 fully saturated rings. The van der Waals surface area contributed by atoms with Crippen molar-refractivity contribution in [3.63, 3.8) is 0 Å². The lowest BCUT2D eigenvalue weighted by molar-refractivity contribution is -0.132. The standard InChI is InChI=1S/C22H24N4O4/c27-19(9-10-20-24-22(25-30-20)18-7-4-14-29-18)23-12-3-8-21(28)26-13-11-16-5-1-2-6-17(16)15-26/h1-2,4-7,14H,3,8-13,15H2,(H,23,27). The van der Waals surface area contributed by atoms with Gasteiger partial charge in [0.2, 0.25) is 23.5 Å². The molecule has 0 saturated heterocycles. The average Bonchev–Trinajstić information content (AvgIpc) is 3.46. The van der Waals surface area contributed by atoms with Crippen LogP contribution in [0.1, 0.15) is 36.3 Å². The van der Waals surface area contributed by atoms with Gasteiger partial charge in [0.05, 0.1) is 6.26 Å². The molecule has 30 heavy (non-hydrogen) atoms. The van der Waals surface area contributed by atoms with Crippen LogP contribution in [-0.2, 0) is 29.0 Å². The first kappa shape index (κ1) is 19.9. The molecule has 1 aliphatic heterocycles. The van der Waals surface area contributed by atoms with Crippen molar-refractivity contribution < 1.29 is 18.5 Å². The molecule has 8 heteroatoms. The number of aryl methyl sites for hydroxylation is 1. The lowest BCUT2D eigenvalue weighted by Gasteiger charge is -2.29. The molecule has 0 bridgehead atoms. The van der Waals surface area contributed by atoms with Crippen LogP contribution in [0.3, 0.4) is 0 Å². The van der Waals surface area contributed by atoms with Crippen molar-refractivity contribution >= 4 is 11.8 Å². The Hall–Kier alpha value is -3.42. The van der Waals surface area contributed by atoms with Crippen molar-refractivity contribution in [1.29, 1.82) is 0 Å². The van der Waals surface area contributed by atoms with Gasteiger partial charge >= 0.3 is 0 Å². The van der Waals surface area contributed by atoms with Gasteiger partial charge < -0.3 is 19.2 Å². The highest BCUT2D eigenvalue weighted by molar-refractivity contribution is 5.77. The number of rotatable bonds is 8. The largest absolute Gasteiger partial charge is 0.461 e. The van der Waals surface area contributed by atoms with E-state index < -0.39 is 0 Å². The fourth-order valence-electron chi connectivity index (χ4n) is 3.51. The zero-order valence-corrected chi connectivity index (χ0v) is 16.7. The Balaban J connectivity index is 1.13. The molecular formula is C22H24N4O4. The average molecular weight is 408 g/mol. The SMILES string of the molecule is O=C(CCc1nc(-c2ccco2)no1)NCCCC(=O)N1CCc2ccccc2C1. The van der Waals surface area contributed by atoms with E-state index in [0.29, 0.717) is 49.8 Å². The quantitative estimate of drug-likeness (QED) is 0.575. The van der Waals surface area contributed by atoms with E-state index in [0.717, 1.165) is 13.0 Å². The predicted octanol–water partition coefficient (Wildman–Crippen LogP) is 2.74. The molecule has 0 spiro atoms. The van der Waals surface area contributed by atoms with Gasteiger partial charge in [-0.1, -0.05) is 29.4 Å². The highest BCUT2D eigenvalue weighted by Crippen LogP contribution is 2.19. The summed E-state index contributed by atoms with van der Waals surface area (Å²) in [6.45, 7) is 1.90. The summed E-state index contributed by atoms with van der Waals surface area (Å²) in [5.74, 6) is 1.31. The lowest BCUT2D eigenvalue weighted by Crippen LogP contribution is -2.36. The molecule has 0 atom stereocenters. The van der Waals surface area contributed by atoms with Crippen LogP contribution in [0.25, 0.3) is 11.6 Å². The summed E-state index contributed by atoms with van der Waals surface area (Å²) in [6.07, 6.45) is 4.08. The van der Waals surface area contributed by atoms with Gasteiger partial charge in [0.25, 0.3) is 0 Å². The topological polar surface area (TPSA) is 101 Å². The summed E-state index contributed by atoms with van der Waals surface area (Å²) in [7, 11) is 0. The number of carbonyl (C=O) groups excluding carboxylic acids is 2. The number of hydrogen-bond donors (Lipinski definition) is 1. The van der Waals surface area contributed by atoms with Crippen LogP contribution in [0, 0.1) is 0 Å². The Bertz CT molecular complexity index is 996. The summed E-state index contributed by atoms with van der Waals surface area (Å²) < 4.78 is 10.3. The summed E-state index contributed by atoms with van der Waals surface area (Å²) in [5.41, 5.74) is 2.55. The predicted molar refractivity (Wildman–Crippen MR) is 108 cm³/mol. The van der Waals surface area contributed by atoms with Crippen LogP contribution in [-0.4, -0.2) is 39.9 Å². The Labute approximate surface area is 174 Å². The minimum absolute atomic E-state index is 0.105. The van der Waals surface area contributed by atoms with Gasteiger partial charge in [0, 0.05) is 38.9 Å². The van der Waals surface area contributed by atoms with Gasteiger partial charge in [-0.15, -0.1) is 0 Å². The van der Waals surface area contributed by atoms with Crippen molar-refractivity contribution in [2.75, 3.05) is 13.1 Å². The summed E-state index contributed by atoms with van der Waals surface area (Å²) in [5, 5.41) is 6.68. The minimum Gasteiger partial charge on any atom is -0.461 e. The van der Waals surface area contributed by atoms with Gasteiger partial charge in [-0.05, 0) is 36.1 Å². The smallest absolute Gasteiger partial charge is 0.238 e. The summed E-state index contributed by atoms with van der Waals surface area (Å²) in [4.78, 5) is 30.6. The fourth-order valence-corrected chi connectivity index (χ4v) is 3.51. The van der Waals surface area contributed by atoms with Crippen LogP contribution >= 0.6 is 0 Å². The van der Waals surface area contributed by atoms with Crippen LogP contribution in [0.4, 0.5) is 0 Å². The maximum Gasteiger partial charge on any atom is 0.238 e. The first-order chi connectivity index (χ1) is 14.7. The van der Waals surface area contributed by atoms with E-state index in [1.807, 2.05) is 17.0 Å². The number of nitrogens with one attached hydrogen (secondary N) is 1. The zero-order chi connectivity index (χ0) is 20.8. The second-order valence-corrected chi connectivity index (χ2v) is 7.28. The highest BCUT2D eigenvalue weighted by Gasteiger charge is 2.20. The van der Waals surface area contributed by atoms with E-state index in [4.69, 9.17) is 8.94 Å². The first-order valence-corrected chi connectivity index (χ1v) is 10.2. The van der Waals surface area contributed by atoms with Gasteiger partial charge in [-0.3, -0.25) is 9.59 Å². The monoisotopic (exact) mass is 408 g/mol. The Morgan fingerprint density at radius 1 is 1.10 bits per heavy atom. The molecular weight excluding hydrogens is 384 g/mol. The number of aromatic nitrogens is 2. The molecule has 2 amide bonds. The van der Waals surface area contributed by atoms with Crippen molar-refractivity contribution in [3.8, 4) is 11.6 Å². The minimum atomic E-state index is -0.105. The van der Waals surface area contributed by atoms with Crippen molar-refractivity contribution in [1.82, 2.24) is 20.4 Å². The van der Waals surface area contributed by atoms with Crippen LogP contribution in [0.2, 0.25) is 0 Å². The van der Waals surface area contributed by atoms with E-state index in [-0.39, 0.29) is 18.2 Å². The van der Waals surface area contributed by atoms with E-state index in [1.165, 1.54) is 17.4 Å². The van der Waals surface area contributed by atoms with E-state index in [2.05, 4.69) is 27.6 Å². The number of carbonyl (C=O) groups is 2. The van der Waals surface area contributed by atoms with E-state index in [1.54, 1.807) is 12.1 Å². The molecule has 0 saturated carbocycles. The number of amides is 2. The molecule has 1 aromatic carbocycles. The number of hydrogen-bond acceptors (Lipinski definition) is 6. The molecule has 0 radical (unpaired) electrons. The van der Waals surface area contributed by atoms with E-state index >= 15 is 0 Å². The van der Waals surface area contributed by atoms with Gasteiger partial charge in [-0.2, -0.15) is 4.98 Å². The molecule has 8 nitrogen and oxygen atoms in total. The van der Waals surface area contributed by atoms with Crippen LogP contribution < -0.4 is 5.32 Å². The number of benzene rings is 1. The lowest BCUT2D eigenvalue weighted by atomic mass is 9.99. The Morgan fingerprint density at radius 2 is 1.97 bits per heavy atom. The maximum atomic E-state index is 12.4. The summed E-state index contributed by atoms with van der Waals surface area (Å²) >= 11 is 0. The van der Waals surface area contributed by atoms with E-state index in [9.17, 15) is 9.59 Å². The highest BCUT2D eigenvalue weighted by atomic mass is 16.5. The van der Waals surface area contributed by atoms with Crippen LogP contribution in [0.15, 0.2) is 51.6 Å². The third-order valence-electron chi connectivity index (χ3n) is 5.15. The third kappa shape index (κ3) is 4.94. The number of nitrogens with zero attached hydrogens (tertiary/aromatic N) is 3. The van der Waals surface area contributed by atoms with Gasteiger partial charge in [0.1, 0.15) is 0 Å². The molecule has 156 valence electrons. The van der Waals surface area contributed by atoms with Crippen molar-refractivity contribution in [2.45, 2.75) is 38.6 Å². The molecule has 4 rings (SSSR count). The molecule has 3 heterocycles. The molecule has 1 N–H and O–H groups in total. The third-order valence-corrected chi connectivity index (χ3v) is 5.15. The fraction of sp³-hybridized carbons (Fsp3) is 0.364. The zero-order valence-electron chi connectivity index (χ0n) is 16.7. The van der Waals surface area contributed by atoms with Gasteiger partial charge in [-0.25, -0.2) is 0 Å². The van der Waals surface area contributed by atoms with Crippen molar-refractivity contribution in [2.24, 2.45) is 0 Å². The van der Waals surface area contributed by atoms with Crippen molar-refractivity contribution in [3.05, 3.63) is 59.7 Å². The summed E-state index contributed by atoms with van der Waals surface area (Å²) in [6, 6.07) is 11.7. The molecule has 0 aliphatic carbocycles. The van der Waals surface area contributed by atoms with Crippen LogP contribution in [0.5, 0.6) is 0 Å². The number of fused-ring (bicyclic) bond motifs is 1. The normalized spacial score (nSPS) is 13.1. The Kier molecular flexibility index (Phi) is 6.22. The second kappa shape index (κ2) is 9.39. The molecule has 1 aliphatic rings. The molecule has 2 aromatic heterocycles.